The Labute approximate surface area is 163 Å². The molecule has 1 aromatic heterocycles. The average molecular weight is 446 g/mol. The molecule has 1 aliphatic heterocycles. The molecule has 1 aliphatic rings. The van der Waals surface area contributed by atoms with Crippen molar-refractivity contribution < 1.29 is 4.74 Å². The topological polar surface area (TPSA) is 49.8 Å². The lowest BCUT2D eigenvalue weighted by atomic mass is 9.96. The van der Waals surface area contributed by atoms with Gasteiger partial charge < -0.3 is 15.0 Å². The zero-order chi connectivity index (χ0) is 16.3. The number of nitrogens with one attached hydrogen (secondary N) is 1. The fraction of sp³-hybridized carbons (Fsp3) is 0.667. The van der Waals surface area contributed by atoms with Crippen molar-refractivity contribution in [2.24, 2.45) is 10.9 Å². The molecule has 2 heterocycles. The Hall–Kier alpha value is -0.890. The van der Waals surface area contributed by atoms with Gasteiger partial charge >= 0.3 is 0 Å². The van der Waals surface area contributed by atoms with E-state index in [-0.39, 0.29) is 24.0 Å². The van der Waals surface area contributed by atoms with Crippen LogP contribution in [0.5, 0.6) is 0 Å². The van der Waals surface area contributed by atoms with Gasteiger partial charge in [0.05, 0.1) is 0 Å². The number of rotatable bonds is 7. The molecular weight excluding hydrogens is 415 g/mol. The second-order valence-electron chi connectivity index (χ2n) is 6.07. The van der Waals surface area contributed by atoms with Crippen LogP contribution in [0.15, 0.2) is 29.4 Å². The van der Waals surface area contributed by atoms with Gasteiger partial charge in [-0.3, -0.25) is 9.98 Å². The third kappa shape index (κ3) is 7.79. The number of hydrogen-bond donors (Lipinski definition) is 1. The summed E-state index contributed by atoms with van der Waals surface area (Å²) in [7, 11) is 2.13. The molecule has 1 fully saturated rings. The van der Waals surface area contributed by atoms with Crippen molar-refractivity contribution >= 4 is 29.9 Å². The highest BCUT2D eigenvalue weighted by Gasteiger charge is 2.15. The Bertz CT molecular complexity index is 463. The van der Waals surface area contributed by atoms with Crippen molar-refractivity contribution in [3.05, 3.63) is 30.1 Å². The molecule has 0 bridgehead atoms. The van der Waals surface area contributed by atoms with Crippen LogP contribution in [0.1, 0.15) is 31.9 Å². The quantitative estimate of drug-likeness (QED) is 0.398. The molecule has 0 spiro atoms. The first-order chi connectivity index (χ1) is 11.3. The fourth-order valence-corrected chi connectivity index (χ4v) is 2.81. The summed E-state index contributed by atoms with van der Waals surface area (Å²) >= 11 is 0. The Morgan fingerprint density at radius 3 is 2.83 bits per heavy atom. The largest absolute Gasteiger partial charge is 0.381 e. The second-order valence-corrected chi connectivity index (χ2v) is 6.07. The van der Waals surface area contributed by atoms with Crippen molar-refractivity contribution in [2.75, 3.05) is 39.9 Å². The highest BCUT2D eigenvalue weighted by molar-refractivity contribution is 14.0. The van der Waals surface area contributed by atoms with Crippen LogP contribution < -0.4 is 5.32 Å². The molecule has 24 heavy (non-hydrogen) atoms. The van der Waals surface area contributed by atoms with E-state index < -0.39 is 0 Å². The lowest BCUT2D eigenvalue weighted by Crippen LogP contribution is -2.40. The summed E-state index contributed by atoms with van der Waals surface area (Å²) in [4.78, 5) is 11.3. The molecule has 1 N–H and O–H groups in total. The third-order valence-corrected chi connectivity index (χ3v) is 4.27. The summed E-state index contributed by atoms with van der Waals surface area (Å²) in [5, 5.41) is 3.39. The van der Waals surface area contributed by atoms with E-state index in [4.69, 9.17) is 9.73 Å². The van der Waals surface area contributed by atoms with Gasteiger partial charge in [-0.15, -0.1) is 24.0 Å². The Balaban J connectivity index is 0.00000288. The zero-order valence-electron chi connectivity index (χ0n) is 14.9. The van der Waals surface area contributed by atoms with Crippen LogP contribution in [-0.2, 0) is 11.2 Å². The van der Waals surface area contributed by atoms with Crippen LogP contribution in [0, 0.1) is 5.92 Å². The molecule has 0 unspecified atom stereocenters. The standard InChI is InChI=1S/C18H30N4O.HI/c1-3-19-18(21-12-7-17-6-4-5-11-20-17)22(2)13-8-16-9-14-23-15-10-16;/h4-6,11,16H,3,7-10,12-15H2,1-2H3,(H,19,21);1H. The Morgan fingerprint density at radius 2 is 2.17 bits per heavy atom. The van der Waals surface area contributed by atoms with E-state index in [1.807, 2.05) is 18.3 Å². The number of nitrogens with zero attached hydrogens (tertiary/aromatic N) is 3. The molecule has 1 aromatic rings. The van der Waals surface area contributed by atoms with Gasteiger partial charge in [0.15, 0.2) is 5.96 Å². The predicted octanol–water partition coefficient (Wildman–Crippen LogP) is 2.96. The maximum atomic E-state index is 5.43. The normalized spacial score (nSPS) is 15.7. The van der Waals surface area contributed by atoms with Gasteiger partial charge in [-0.25, -0.2) is 0 Å². The molecule has 0 atom stereocenters. The van der Waals surface area contributed by atoms with Gasteiger partial charge in [0.2, 0.25) is 0 Å². The van der Waals surface area contributed by atoms with Gasteiger partial charge in [-0.05, 0) is 44.2 Å². The smallest absolute Gasteiger partial charge is 0.193 e. The third-order valence-electron chi connectivity index (χ3n) is 4.27. The van der Waals surface area contributed by atoms with E-state index >= 15 is 0 Å². The number of hydrogen-bond acceptors (Lipinski definition) is 3. The molecule has 0 amide bonds. The molecule has 0 aliphatic carbocycles. The van der Waals surface area contributed by atoms with Crippen LogP contribution in [-0.4, -0.2) is 55.7 Å². The molecule has 0 radical (unpaired) electrons. The van der Waals surface area contributed by atoms with Crippen LogP contribution in [0.25, 0.3) is 0 Å². The van der Waals surface area contributed by atoms with Crippen LogP contribution in [0.2, 0.25) is 0 Å². The molecule has 1 saturated heterocycles. The van der Waals surface area contributed by atoms with Gasteiger partial charge in [0.25, 0.3) is 0 Å². The van der Waals surface area contributed by atoms with E-state index in [0.717, 1.165) is 56.8 Å². The Kier molecular flexibility index (Phi) is 11.0. The van der Waals surface area contributed by atoms with Gasteiger partial charge in [-0.1, -0.05) is 6.07 Å². The highest BCUT2D eigenvalue weighted by Crippen LogP contribution is 2.18. The molecule has 6 heteroatoms. The lowest BCUT2D eigenvalue weighted by Gasteiger charge is -2.26. The second kappa shape index (κ2) is 12.5. The minimum atomic E-state index is 0. The summed E-state index contributed by atoms with van der Waals surface area (Å²) in [6.45, 7) is 6.66. The first-order valence-electron chi connectivity index (χ1n) is 8.76. The highest BCUT2D eigenvalue weighted by atomic mass is 127. The number of guanidine groups is 1. The summed E-state index contributed by atoms with van der Waals surface area (Å²) in [5.41, 5.74) is 1.09. The minimum Gasteiger partial charge on any atom is -0.381 e. The fourth-order valence-electron chi connectivity index (χ4n) is 2.81. The maximum absolute atomic E-state index is 5.43. The van der Waals surface area contributed by atoms with E-state index in [1.54, 1.807) is 0 Å². The van der Waals surface area contributed by atoms with Crippen LogP contribution >= 0.6 is 24.0 Å². The van der Waals surface area contributed by atoms with E-state index in [9.17, 15) is 0 Å². The molecular formula is C18H31IN4O. The van der Waals surface area contributed by atoms with E-state index in [2.05, 4.69) is 35.2 Å². The summed E-state index contributed by atoms with van der Waals surface area (Å²) in [5.74, 6) is 1.79. The summed E-state index contributed by atoms with van der Waals surface area (Å²) in [6.07, 6.45) is 6.32. The molecule has 5 nitrogen and oxygen atoms in total. The van der Waals surface area contributed by atoms with Crippen molar-refractivity contribution in [1.82, 2.24) is 15.2 Å². The van der Waals surface area contributed by atoms with Crippen molar-refractivity contribution in [3.8, 4) is 0 Å². The monoisotopic (exact) mass is 446 g/mol. The minimum absolute atomic E-state index is 0. The average Bonchev–Trinajstić information content (AvgIpc) is 2.61. The molecule has 0 aromatic carbocycles. The SMILES string of the molecule is CCNC(=NCCc1ccccn1)N(C)CCC1CCOCC1.I. The number of aliphatic imine (C=N–C) groups is 1. The van der Waals surface area contributed by atoms with Gasteiger partial charge in [0, 0.05) is 58.2 Å². The summed E-state index contributed by atoms with van der Waals surface area (Å²) < 4.78 is 5.43. The van der Waals surface area contributed by atoms with Crippen molar-refractivity contribution in [1.29, 1.82) is 0 Å². The first-order valence-corrected chi connectivity index (χ1v) is 8.76. The Morgan fingerprint density at radius 1 is 1.38 bits per heavy atom. The van der Waals surface area contributed by atoms with Crippen molar-refractivity contribution in [3.63, 3.8) is 0 Å². The number of pyridine rings is 1. The maximum Gasteiger partial charge on any atom is 0.193 e. The molecule has 0 saturated carbocycles. The summed E-state index contributed by atoms with van der Waals surface area (Å²) in [6, 6.07) is 6.02. The van der Waals surface area contributed by atoms with Crippen LogP contribution in [0.3, 0.4) is 0 Å². The number of aromatic nitrogens is 1. The van der Waals surface area contributed by atoms with E-state index in [0.29, 0.717) is 0 Å². The molecule has 2 rings (SSSR count). The van der Waals surface area contributed by atoms with Gasteiger partial charge in [-0.2, -0.15) is 0 Å². The van der Waals surface area contributed by atoms with Crippen molar-refractivity contribution in [2.45, 2.75) is 32.6 Å². The van der Waals surface area contributed by atoms with E-state index in [1.165, 1.54) is 19.3 Å². The molecule has 136 valence electrons. The zero-order valence-corrected chi connectivity index (χ0v) is 17.2. The number of ether oxygens (including phenoxy) is 1. The predicted molar refractivity (Wildman–Crippen MR) is 110 cm³/mol. The van der Waals surface area contributed by atoms with Gasteiger partial charge in [0.1, 0.15) is 0 Å². The number of halogens is 1. The lowest BCUT2D eigenvalue weighted by molar-refractivity contribution is 0.0625. The van der Waals surface area contributed by atoms with Crippen LogP contribution in [0.4, 0.5) is 0 Å². The first kappa shape index (κ1) is 21.2.